The number of Topliss-reactive ketones (excluding diaryl/α,β-unsaturated/α-hetero) is 1. The van der Waals surface area contributed by atoms with Gasteiger partial charge in [-0.3, -0.25) is 4.79 Å². The fourth-order valence-electron chi connectivity index (χ4n) is 3.38. The molecule has 0 aromatic rings. The van der Waals surface area contributed by atoms with Crippen molar-refractivity contribution in [2.75, 3.05) is 0 Å². The molecule has 0 heterocycles. The van der Waals surface area contributed by atoms with Crippen LogP contribution in [-0.2, 0) is 4.79 Å². The van der Waals surface area contributed by atoms with E-state index in [1.165, 1.54) is 6.42 Å². The average molecular weight is 192 g/mol. The van der Waals surface area contributed by atoms with Gasteiger partial charge < -0.3 is 0 Å². The van der Waals surface area contributed by atoms with Crippen molar-refractivity contribution < 1.29 is 4.79 Å². The molecule has 0 saturated heterocycles. The van der Waals surface area contributed by atoms with Gasteiger partial charge in [0.1, 0.15) is 0 Å². The van der Waals surface area contributed by atoms with Crippen LogP contribution >= 0.6 is 0 Å². The van der Waals surface area contributed by atoms with E-state index in [4.69, 9.17) is 0 Å². The van der Waals surface area contributed by atoms with Crippen molar-refractivity contribution in [2.45, 2.75) is 47.0 Å². The van der Waals surface area contributed by atoms with Crippen LogP contribution in [0.3, 0.4) is 0 Å². The molecule has 2 rings (SSSR count). The van der Waals surface area contributed by atoms with Crippen molar-refractivity contribution in [3.8, 4) is 0 Å². The van der Waals surface area contributed by atoms with Gasteiger partial charge in [-0.15, -0.1) is 0 Å². The van der Waals surface area contributed by atoms with Gasteiger partial charge >= 0.3 is 0 Å². The topological polar surface area (TPSA) is 17.1 Å². The minimum atomic E-state index is -0.0708. The van der Waals surface area contributed by atoms with Crippen molar-refractivity contribution in [3.05, 3.63) is 11.6 Å². The maximum atomic E-state index is 12.2. The molecule has 2 bridgehead atoms. The Kier molecular flexibility index (Phi) is 1.93. The van der Waals surface area contributed by atoms with Crippen LogP contribution in [0.1, 0.15) is 47.0 Å². The largest absolute Gasteiger partial charge is 0.294 e. The van der Waals surface area contributed by atoms with Crippen molar-refractivity contribution in [3.63, 3.8) is 0 Å². The molecular weight excluding hydrogens is 172 g/mol. The van der Waals surface area contributed by atoms with Gasteiger partial charge in [-0.25, -0.2) is 0 Å². The summed E-state index contributed by atoms with van der Waals surface area (Å²) in [4.78, 5) is 12.2. The molecule has 2 aliphatic rings. The Hall–Kier alpha value is -0.590. The molecule has 0 amide bonds. The predicted molar refractivity (Wildman–Crippen MR) is 58.0 cm³/mol. The Balaban J connectivity index is 2.49. The summed E-state index contributed by atoms with van der Waals surface area (Å²) < 4.78 is 0. The summed E-state index contributed by atoms with van der Waals surface area (Å²) >= 11 is 0. The van der Waals surface area contributed by atoms with E-state index in [1.54, 1.807) is 0 Å². The number of fused-ring (bicyclic) bond motifs is 2. The lowest BCUT2D eigenvalue weighted by atomic mass is 9.70. The van der Waals surface area contributed by atoms with Crippen LogP contribution in [0.15, 0.2) is 11.6 Å². The Morgan fingerprint density at radius 1 is 1.43 bits per heavy atom. The summed E-state index contributed by atoms with van der Waals surface area (Å²) in [6.45, 7) is 8.80. The molecule has 2 aliphatic carbocycles. The van der Waals surface area contributed by atoms with Crippen LogP contribution < -0.4 is 0 Å². The second-order valence-corrected chi connectivity index (χ2v) is 5.54. The molecule has 0 aliphatic heterocycles. The van der Waals surface area contributed by atoms with Crippen LogP contribution in [0.4, 0.5) is 0 Å². The number of hydrogen-bond donors (Lipinski definition) is 0. The monoisotopic (exact) mass is 192 g/mol. The van der Waals surface area contributed by atoms with E-state index < -0.39 is 0 Å². The van der Waals surface area contributed by atoms with Gasteiger partial charge in [0, 0.05) is 5.41 Å². The average Bonchev–Trinajstić information content (AvgIpc) is 2.41. The zero-order valence-corrected chi connectivity index (χ0v) is 9.68. The van der Waals surface area contributed by atoms with E-state index in [-0.39, 0.29) is 10.8 Å². The molecule has 0 aromatic heterocycles. The summed E-state index contributed by atoms with van der Waals surface area (Å²) in [6, 6.07) is 0. The van der Waals surface area contributed by atoms with Crippen molar-refractivity contribution in [1.82, 2.24) is 0 Å². The third-order valence-corrected chi connectivity index (χ3v) is 4.79. The smallest absolute Gasteiger partial charge is 0.165 e. The fraction of sp³-hybridized carbons (Fsp3) is 0.769. The Bertz CT molecular complexity index is 311. The van der Waals surface area contributed by atoms with Gasteiger partial charge in [0.05, 0.1) is 0 Å². The first-order valence-corrected chi connectivity index (χ1v) is 5.70. The number of rotatable bonds is 1. The van der Waals surface area contributed by atoms with E-state index in [1.807, 2.05) is 0 Å². The first-order valence-electron chi connectivity index (χ1n) is 5.70. The summed E-state index contributed by atoms with van der Waals surface area (Å²) in [7, 11) is 0. The van der Waals surface area contributed by atoms with Gasteiger partial charge in [0.2, 0.25) is 0 Å². The lowest BCUT2D eigenvalue weighted by Crippen LogP contribution is -2.32. The van der Waals surface area contributed by atoms with Gasteiger partial charge in [-0.1, -0.05) is 33.8 Å². The highest BCUT2D eigenvalue weighted by atomic mass is 16.1. The number of carbonyl (C=O) groups is 1. The van der Waals surface area contributed by atoms with Crippen LogP contribution in [-0.4, -0.2) is 5.78 Å². The van der Waals surface area contributed by atoms with Crippen LogP contribution in [0.25, 0.3) is 0 Å². The maximum absolute atomic E-state index is 12.2. The number of hydrogen-bond acceptors (Lipinski definition) is 1. The van der Waals surface area contributed by atoms with E-state index in [2.05, 4.69) is 33.8 Å². The lowest BCUT2D eigenvalue weighted by Gasteiger charge is -2.31. The molecule has 2 fully saturated rings. The molecule has 1 nitrogen and oxygen atoms in total. The second kappa shape index (κ2) is 2.71. The molecule has 2 saturated carbocycles. The standard InChI is InChI=1S/C13H20O/c1-5-6-9-10-7-8-13(4,11(9)14)12(10,2)3/h6,10H,5,7-8H2,1-4H3/b9-6+/t10-,13+/m1/s1. The summed E-state index contributed by atoms with van der Waals surface area (Å²) in [5.74, 6) is 0.959. The van der Waals surface area contributed by atoms with E-state index in [9.17, 15) is 4.79 Å². The third-order valence-electron chi connectivity index (χ3n) is 4.79. The normalized spacial score (nSPS) is 42.4. The molecular formula is C13H20O. The third kappa shape index (κ3) is 0.884. The SMILES string of the molecule is CC/C=C1/C(=O)[C@]2(C)CC[C@H]1C2(C)C. The molecule has 0 N–H and O–H groups in total. The van der Waals surface area contributed by atoms with Gasteiger partial charge in [-0.2, -0.15) is 0 Å². The lowest BCUT2D eigenvalue weighted by molar-refractivity contribution is -0.125. The predicted octanol–water partition coefficient (Wildman–Crippen LogP) is 3.35. The highest BCUT2D eigenvalue weighted by Crippen LogP contribution is 2.65. The Morgan fingerprint density at radius 2 is 2.07 bits per heavy atom. The molecule has 0 spiro atoms. The van der Waals surface area contributed by atoms with Gasteiger partial charge in [-0.05, 0) is 36.2 Å². The summed E-state index contributed by atoms with van der Waals surface area (Å²) in [5, 5.41) is 0. The first kappa shape index (κ1) is 9.95. The Morgan fingerprint density at radius 3 is 2.50 bits per heavy atom. The highest BCUT2D eigenvalue weighted by molar-refractivity contribution is 6.04. The first-order chi connectivity index (χ1) is 6.45. The molecule has 14 heavy (non-hydrogen) atoms. The molecule has 0 aromatic carbocycles. The van der Waals surface area contributed by atoms with Crippen molar-refractivity contribution >= 4 is 5.78 Å². The van der Waals surface area contributed by atoms with Crippen molar-refractivity contribution in [2.24, 2.45) is 16.7 Å². The van der Waals surface area contributed by atoms with Crippen LogP contribution in [0.5, 0.6) is 0 Å². The van der Waals surface area contributed by atoms with Crippen LogP contribution in [0.2, 0.25) is 0 Å². The molecule has 0 unspecified atom stereocenters. The van der Waals surface area contributed by atoms with Crippen molar-refractivity contribution in [1.29, 1.82) is 0 Å². The van der Waals surface area contributed by atoms with E-state index in [0.717, 1.165) is 18.4 Å². The van der Waals surface area contributed by atoms with Crippen LogP contribution in [0, 0.1) is 16.7 Å². The van der Waals surface area contributed by atoms with Gasteiger partial charge in [0.25, 0.3) is 0 Å². The number of ketones is 1. The molecule has 2 atom stereocenters. The van der Waals surface area contributed by atoms with E-state index in [0.29, 0.717) is 11.7 Å². The summed E-state index contributed by atoms with van der Waals surface area (Å²) in [5.41, 5.74) is 1.25. The second-order valence-electron chi connectivity index (χ2n) is 5.54. The number of carbonyl (C=O) groups excluding carboxylic acids is 1. The zero-order valence-electron chi connectivity index (χ0n) is 9.68. The Labute approximate surface area is 86.6 Å². The minimum absolute atomic E-state index is 0.0708. The zero-order chi connectivity index (χ0) is 10.6. The number of allylic oxidation sites excluding steroid dienone is 2. The van der Waals surface area contributed by atoms with Gasteiger partial charge in [0.15, 0.2) is 5.78 Å². The van der Waals surface area contributed by atoms with E-state index >= 15 is 0 Å². The maximum Gasteiger partial charge on any atom is 0.165 e. The molecule has 0 radical (unpaired) electrons. The highest BCUT2D eigenvalue weighted by Gasteiger charge is 2.63. The quantitative estimate of drug-likeness (QED) is 0.582. The molecule has 1 heteroatoms. The minimum Gasteiger partial charge on any atom is -0.294 e. The summed E-state index contributed by atoms with van der Waals surface area (Å²) in [6.07, 6.45) is 5.44. The fourth-order valence-corrected chi connectivity index (χ4v) is 3.38. The molecule has 78 valence electrons.